The molecule has 0 aromatic heterocycles. The first-order valence-corrected chi connectivity index (χ1v) is 6.44. The molecule has 4 nitrogen and oxygen atoms in total. The van der Waals surface area contributed by atoms with Gasteiger partial charge < -0.3 is 15.3 Å². The van der Waals surface area contributed by atoms with E-state index in [1.165, 1.54) is 0 Å². The molecule has 2 rings (SSSR count). The number of carbonyl (C=O) groups is 1. The number of anilines is 1. The van der Waals surface area contributed by atoms with E-state index in [2.05, 4.69) is 5.32 Å². The van der Waals surface area contributed by atoms with Gasteiger partial charge in [-0.15, -0.1) is 0 Å². The molecule has 0 saturated carbocycles. The highest BCUT2D eigenvalue weighted by atomic mass is 16.3. The van der Waals surface area contributed by atoms with Gasteiger partial charge in [0.1, 0.15) is 5.75 Å². The predicted octanol–water partition coefficient (Wildman–Crippen LogP) is 1.60. The van der Waals surface area contributed by atoms with Gasteiger partial charge in [0.15, 0.2) is 0 Å². The third-order valence-corrected chi connectivity index (χ3v) is 3.63. The number of amides is 1. The van der Waals surface area contributed by atoms with E-state index >= 15 is 0 Å². The average Bonchev–Trinajstić information content (AvgIpc) is 2.27. The minimum Gasteiger partial charge on any atom is -0.508 e. The molecular formula is C14H20N2O2. The normalized spacial score (nSPS) is 17.0. The molecule has 0 radical (unpaired) electrons. The average molecular weight is 248 g/mol. The molecule has 0 aliphatic carbocycles. The van der Waals surface area contributed by atoms with Gasteiger partial charge in [-0.25, -0.2) is 0 Å². The molecule has 98 valence electrons. The fourth-order valence-corrected chi connectivity index (χ4v) is 2.24. The molecule has 1 saturated heterocycles. The van der Waals surface area contributed by atoms with Gasteiger partial charge in [-0.2, -0.15) is 0 Å². The molecule has 1 heterocycles. The summed E-state index contributed by atoms with van der Waals surface area (Å²) < 4.78 is 0. The number of nitrogens with one attached hydrogen (secondary N) is 1. The van der Waals surface area contributed by atoms with E-state index in [-0.39, 0.29) is 17.6 Å². The zero-order valence-corrected chi connectivity index (χ0v) is 10.9. The molecule has 2 N–H and O–H groups in total. The van der Waals surface area contributed by atoms with Crippen LogP contribution >= 0.6 is 0 Å². The molecule has 1 unspecified atom stereocenters. The van der Waals surface area contributed by atoms with Gasteiger partial charge in [-0.3, -0.25) is 4.79 Å². The summed E-state index contributed by atoms with van der Waals surface area (Å²) in [5.74, 6) is 0.781. The summed E-state index contributed by atoms with van der Waals surface area (Å²) in [5, 5.41) is 12.7. The number of phenolic OH excluding ortho intramolecular Hbond substituents is 1. The number of nitrogens with zero attached hydrogens (tertiary/aromatic N) is 1. The first kappa shape index (κ1) is 12.9. The maximum atomic E-state index is 12.4. The monoisotopic (exact) mass is 248 g/mol. The first-order chi connectivity index (χ1) is 8.63. The van der Waals surface area contributed by atoms with Gasteiger partial charge in [0.25, 0.3) is 0 Å². The summed E-state index contributed by atoms with van der Waals surface area (Å²) in [6, 6.07) is 6.86. The van der Waals surface area contributed by atoms with Crippen LogP contribution in [0.15, 0.2) is 24.3 Å². The lowest BCUT2D eigenvalue weighted by Crippen LogP contribution is -2.50. The van der Waals surface area contributed by atoms with Crippen molar-refractivity contribution >= 4 is 11.6 Å². The van der Waals surface area contributed by atoms with Crippen molar-refractivity contribution < 1.29 is 9.90 Å². The van der Waals surface area contributed by atoms with Gasteiger partial charge in [0.05, 0.1) is 0 Å². The minimum atomic E-state index is 0.0218. The summed E-state index contributed by atoms with van der Waals surface area (Å²) >= 11 is 0. The van der Waals surface area contributed by atoms with Crippen molar-refractivity contribution in [2.75, 3.05) is 24.5 Å². The number of carbonyl (C=O) groups excluding carboxylic acids is 1. The number of phenols is 1. The Bertz CT molecular complexity index is 430. The molecule has 1 aromatic rings. The molecular weight excluding hydrogens is 228 g/mol. The largest absolute Gasteiger partial charge is 0.508 e. The summed E-state index contributed by atoms with van der Waals surface area (Å²) in [6.45, 7) is 6.40. The van der Waals surface area contributed by atoms with Crippen LogP contribution in [0.3, 0.4) is 0 Å². The second kappa shape index (κ2) is 5.40. The van der Waals surface area contributed by atoms with E-state index in [4.69, 9.17) is 0 Å². The van der Waals surface area contributed by atoms with Crippen molar-refractivity contribution in [3.8, 4) is 5.75 Å². The van der Waals surface area contributed by atoms with Crippen molar-refractivity contribution in [2.24, 2.45) is 11.8 Å². The van der Waals surface area contributed by atoms with Crippen LogP contribution in [0.1, 0.15) is 13.8 Å². The highest BCUT2D eigenvalue weighted by molar-refractivity contribution is 5.95. The Kier molecular flexibility index (Phi) is 3.87. The number of hydrogen-bond acceptors (Lipinski definition) is 3. The number of hydrogen-bond donors (Lipinski definition) is 2. The van der Waals surface area contributed by atoms with Crippen LogP contribution in [0.4, 0.5) is 5.69 Å². The second-order valence-electron chi connectivity index (χ2n) is 4.81. The molecule has 1 aliphatic rings. The van der Waals surface area contributed by atoms with E-state index in [9.17, 15) is 9.90 Å². The zero-order chi connectivity index (χ0) is 13.1. The van der Waals surface area contributed by atoms with Gasteiger partial charge in [-0.05, 0) is 38.1 Å². The number of benzene rings is 1. The molecule has 1 fully saturated rings. The molecule has 1 atom stereocenters. The van der Waals surface area contributed by atoms with Crippen LogP contribution in [0.5, 0.6) is 5.75 Å². The molecule has 0 spiro atoms. The fourth-order valence-electron chi connectivity index (χ4n) is 2.24. The van der Waals surface area contributed by atoms with Crippen LogP contribution in [0.2, 0.25) is 0 Å². The Morgan fingerprint density at radius 3 is 2.78 bits per heavy atom. The van der Waals surface area contributed by atoms with Crippen LogP contribution in [0.25, 0.3) is 0 Å². The highest BCUT2D eigenvalue weighted by Gasteiger charge is 2.31. The summed E-state index contributed by atoms with van der Waals surface area (Å²) in [4.78, 5) is 14.2. The second-order valence-corrected chi connectivity index (χ2v) is 4.81. The van der Waals surface area contributed by atoms with E-state index in [0.29, 0.717) is 12.5 Å². The van der Waals surface area contributed by atoms with Crippen LogP contribution in [-0.4, -0.2) is 30.6 Å². The topological polar surface area (TPSA) is 52.6 Å². The maximum absolute atomic E-state index is 12.4. The first-order valence-electron chi connectivity index (χ1n) is 6.44. The van der Waals surface area contributed by atoms with Gasteiger partial charge in [0, 0.05) is 24.2 Å². The quantitative estimate of drug-likeness (QED) is 0.851. The maximum Gasteiger partial charge on any atom is 0.230 e. The SMILES string of the molecule is CCN(C(=O)C(C)C1CNC1)c1cccc(O)c1. The number of rotatable bonds is 4. The number of aromatic hydroxyl groups is 1. The molecule has 0 bridgehead atoms. The summed E-state index contributed by atoms with van der Waals surface area (Å²) in [6.07, 6.45) is 0. The van der Waals surface area contributed by atoms with Crippen molar-refractivity contribution in [1.29, 1.82) is 0 Å². The molecule has 1 amide bonds. The van der Waals surface area contributed by atoms with Crippen molar-refractivity contribution in [3.05, 3.63) is 24.3 Å². The smallest absolute Gasteiger partial charge is 0.230 e. The van der Waals surface area contributed by atoms with Crippen molar-refractivity contribution in [1.82, 2.24) is 5.32 Å². The fraction of sp³-hybridized carbons (Fsp3) is 0.500. The van der Waals surface area contributed by atoms with E-state index in [0.717, 1.165) is 18.8 Å². The van der Waals surface area contributed by atoms with Crippen LogP contribution in [-0.2, 0) is 4.79 Å². The van der Waals surface area contributed by atoms with E-state index in [1.807, 2.05) is 19.9 Å². The highest BCUT2D eigenvalue weighted by Crippen LogP contribution is 2.24. The third kappa shape index (κ3) is 2.48. The summed E-state index contributed by atoms with van der Waals surface area (Å²) in [7, 11) is 0. The Morgan fingerprint density at radius 1 is 1.56 bits per heavy atom. The Labute approximate surface area is 108 Å². The minimum absolute atomic E-state index is 0.0218. The van der Waals surface area contributed by atoms with E-state index < -0.39 is 0 Å². The van der Waals surface area contributed by atoms with Crippen LogP contribution < -0.4 is 10.2 Å². The zero-order valence-electron chi connectivity index (χ0n) is 10.9. The molecule has 4 heteroatoms. The summed E-state index contributed by atoms with van der Waals surface area (Å²) in [5.41, 5.74) is 0.765. The molecule has 1 aliphatic heterocycles. The lowest BCUT2D eigenvalue weighted by molar-refractivity contribution is -0.124. The van der Waals surface area contributed by atoms with E-state index in [1.54, 1.807) is 23.1 Å². The predicted molar refractivity (Wildman–Crippen MR) is 71.7 cm³/mol. The Hall–Kier alpha value is -1.55. The lowest BCUT2D eigenvalue weighted by atomic mass is 9.88. The molecule has 1 aromatic carbocycles. The van der Waals surface area contributed by atoms with Gasteiger partial charge in [-0.1, -0.05) is 13.0 Å². The Balaban J connectivity index is 2.14. The van der Waals surface area contributed by atoms with Crippen molar-refractivity contribution in [2.45, 2.75) is 13.8 Å². The van der Waals surface area contributed by atoms with Crippen LogP contribution in [0, 0.1) is 11.8 Å². The Morgan fingerprint density at radius 2 is 2.28 bits per heavy atom. The lowest BCUT2D eigenvalue weighted by Gasteiger charge is -2.34. The third-order valence-electron chi connectivity index (χ3n) is 3.63. The van der Waals surface area contributed by atoms with Gasteiger partial charge >= 0.3 is 0 Å². The van der Waals surface area contributed by atoms with Crippen molar-refractivity contribution in [3.63, 3.8) is 0 Å². The van der Waals surface area contributed by atoms with Gasteiger partial charge in [0.2, 0.25) is 5.91 Å². The molecule has 18 heavy (non-hydrogen) atoms. The standard InChI is InChI=1S/C14H20N2O2/c1-3-16(12-5-4-6-13(17)7-12)14(18)10(2)11-8-15-9-11/h4-7,10-11,15,17H,3,8-9H2,1-2H3.